The van der Waals surface area contributed by atoms with Crippen molar-refractivity contribution in [2.24, 2.45) is 0 Å². The van der Waals surface area contributed by atoms with E-state index in [9.17, 15) is 14.4 Å². The first-order valence-corrected chi connectivity index (χ1v) is 41.5. The second-order valence-electron chi connectivity index (χ2n) is 18.3. The molecule has 65 heavy (non-hydrogen) atoms. The molecule has 1 heterocycles. The number of rotatable bonds is 45. The van der Waals surface area contributed by atoms with Crippen LogP contribution >= 0.6 is 0 Å². The van der Waals surface area contributed by atoms with E-state index < -0.39 is 17.9 Å². The van der Waals surface area contributed by atoms with Gasteiger partial charge in [-0.3, -0.25) is 14.4 Å². The predicted molar refractivity (Wildman–Crippen MR) is 289 cm³/mol. The summed E-state index contributed by atoms with van der Waals surface area (Å²) in [6, 6.07) is 0. The SMILES string of the molecule is C1=[CH][GaH][Ga]=[CH]1.CCCCCCCC/C=C\CCCCCCCC(=O)O.CCCCCCCC/C=C\CCCCCCCC(=O)O.CCCCCCCC/C=C\CCCCCCCC(=O)O. The van der Waals surface area contributed by atoms with Gasteiger partial charge in [0.25, 0.3) is 0 Å². The number of aliphatic carboxylic acids is 3. The summed E-state index contributed by atoms with van der Waals surface area (Å²) in [7, 11) is 0. The first-order chi connectivity index (χ1) is 31.8. The van der Waals surface area contributed by atoms with Crippen molar-refractivity contribution in [3.05, 3.63) is 47.2 Å². The van der Waals surface area contributed by atoms with E-state index >= 15 is 0 Å². The summed E-state index contributed by atoms with van der Waals surface area (Å²) < 4.78 is 4.86. The van der Waals surface area contributed by atoms with Crippen LogP contribution in [0.2, 0.25) is 0 Å². The summed E-state index contributed by atoms with van der Waals surface area (Å²) in [4.78, 5) is 31.0. The molecule has 376 valence electrons. The fourth-order valence-corrected chi connectivity index (χ4v) is 17.6. The molecule has 6 nitrogen and oxygen atoms in total. The molecule has 1 aliphatic rings. The molecule has 1 aliphatic heterocycles. The van der Waals surface area contributed by atoms with Crippen LogP contribution in [0.5, 0.6) is 0 Å². The third-order valence-corrected chi connectivity index (χ3v) is 23.3. The van der Waals surface area contributed by atoms with Crippen molar-refractivity contribution >= 4 is 51.6 Å². The van der Waals surface area contributed by atoms with Gasteiger partial charge in [-0.1, -0.05) is 211 Å². The quantitative estimate of drug-likeness (QED) is 0.0318. The minimum absolute atomic E-state index is 0.128. The number of hydrogen-bond acceptors (Lipinski definition) is 3. The van der Waals surface area contributed by atoms with Crippen molar-refractivity contribution in [3.8, 4) is 0 Å². The molecule has 0 aliphatic carbocycles. The van der Waals surface area contributed by atoms with Gasteiger partial charge in [0.2, 0.25) is 0 Å². The van der Waals surface area contributed by atoms with E-state index in [-0.39, 0.29) is 14.8 Å². The molecule has 0 aromatic rings. The monoisotopic (exact) mass is 1020 g/mol. The topological polar surface area (TPSA) is 112 Å². The van der Waals surface area contributed by atoms with E-state index in [2.05, 4.69) is 72.5 Å². The van der Waals surface area contributed by atoms with E-state index in [1.54, 1.807) is 0 Å². The fourth-order valence-electron chi connectivity index (χ4n) is 7.43. The van der Waals surface area contributed by atoms with Gasteiger partial charge in [0.05, 0.1) is 0 Å². The van der Waals surface area contributed by atoms with Gasteiger partial charge in [-0.2, -0.15) is 0 Å². The Hall–Kier alpha value is -1.49. The number of unbranched alkanes of at least 4 members (excludes halogenated alkanes) is 33. The van der Waals surface area contributed by atoms with E-state index in [1.807, 2.05) is 0 Å². The third-order valence-electron chi connectivity index (χ3n) is 11.6. The van der Waals surface area contributed by atoms with Crippen molar-refractivity contribution in [2.75, 3.05) is 0 Å². The largest absolute Gasteiger partial charge is 0.481 e. The van der Waals surface area contributed by atoms with Crippen molar-refractivity contribution in [3.63, 3.8) is 0 Å². The number of carboxylic acid groups (broad SMARTS) is 3. The molecule has 1 rings (SSSR count). The Labute approximate surface area is 416 Å². The van der Waals surface area contributed by atoms with Gasteiger partial charge >= 0.3 is 62.3 Å². The standard InChI is InChI=1S/3C18H34O2.C3H3.2Ga.H/c3*1-2-3-4-5-6-7-8-9-10-11-12-13-14-15-16-17-18(19)20;1-3-2;;;/h3*9-10H,2-8,11-17H2,1H3,(H,19,20);1-3H;;;/b3*10-9-;;;;. The number of allylic oxidation sites excluding steroid dienone is 7. The number of carboxylic acids is 3. The molecule has 0 saturated heterocycles. The van der Waals surface area contributed by atoms with Crippen LogP contribution in [0.3, 0.4) is 0 Å². The van der Waals surface area contributed by atoms with E-state index in [0.717, 1.165) is 38.5 Å². The van der Waals surface area contributed by atoms with Gasteiger partial charge in [0.15, 0.2) is 0 Å². The van der Waals surface area contributed by atoms with E-state index in [1.165, 1.54) is 212 Å². The minimum Gasteiger partial charge on any atom is -0.481 e. The second-order valence-corrected chi connectivity index (χ2v) is 32.3. The smallest absolute Gasteiger partial charge is 0.303 e. The van der Waals surface area contributed by atoms with Crippen LogP contribution in [0.1, 0.15) is 290 Å². The van der Waals surface area contributed by atoms with Crippen LogP contribution < -0.4 is 0 Å². The summed E-state index contributed by atoms with van der Waals surface area (Å²) in [6.07, 6.45) is 66.0. The van der Waals surface area contributed by atoms with Gasteiger partial charge in [0.1, 0.15) is 0 Å². The Morgan fingerprint density at radius 3 is 0.738 bits per heavy atom. The number of hydrogen-bond donors (Lipinski definition) is 3. The molecule has 0 amide bonds. The Morgan fingerprint density at radius 1 is 0.354 bits per heavy atom. The molecule has 0 atom stereocenters. The maximum absolute atomic E-state index is 10.3. The van der Waals surface area contributed by atoms with Crippen molar-refractivity contribution in [1.82, 2.24) is 0 Å². The molecule has 3 N–H and O–H groups in total. The van der Waals surface area contributed by atoms with Crippen molar-refractivity contribution in [1.29, 1.82) is 0 Å². The average Bonchev–Trinajstić information content (AvgIpc) is 3.89. The van der Waals surface area contributed by atoms with E-state index in [4.69, 9.17) is 15.3 Å². The molecule has 0 saturated carbocycles. The first-order valence-electron chi connectivity index (χ1n) is 27.7. The van der Waals surface area contributed by atoms with Gasteiger partial charge < -0.3 is 15.3 Å². The molecule has 0 aromatic carbocycles. The molecule has 0 fully saturated rings. The minimum atomic E-state index is -0.664. The van der Waals surface area contributed by atoms with Crippen molar-refractivity contribution in [2.45, 2.75) is 290 Å². The summed E-state index contributed by atoms with van der Waals surface area (Å²) in [6.45, 7) is 6.78. The molecule has 0 spiro atoms. The van der Waals surface area contributed by atoms with E-state index in [0.29, 0.717) is 33.6 Å². The van der Waals surface area contributed by atoms with Gasteiger partial charge in [-0.05, 0) is 96.3 Å². The average molecular weight is 1030 g/mol. The Kier molecular flexibility index (Phi) is 67.4. The molecular weight excluding hydrogens is 920 g/mol. The zero-order valence-electron chi connectivity index (χ0n) is 43.2. The van der Waals surface area contributed by atoms with Gasteiger partial charge in [-0.25, -0.2) is 0 Å². The van der Waals surface area contributed by atoms with Crippen LogP contribution in [0.25, 0.3) is 0 Å². The van der Waals surface area contributed by atoms with Crippen LogP contribution in [-0.2, 0) is 14.4 Å². The molecule has 8 heteroatoms. The number of carbonyl (C=O) groups is 3. The summed E-state index contributed by atoms with van der Waals surface area (Å²) in [5.41, 5.74) is 0. The summed E-state index contributed by atoms with van der Waals surface area (Å²) in [5, 5.41) is 25.5. The predicted octanol–water partition coefficient (Wildman–Crippen LogP) is 17.7. The van der Waals surface area contributed by atoms with Crippen LogP contribution in [0.4, 0.5) is 0 Å². The molecular formula is C57H106Ga2O6. The maximum Gasteiger partial charge on any atom is 0.303 e. The maximum atomic E-state index is 10.3. The molecule has 0 bridgehead atoms. The fraction of sp³-hybridized carbons (Fsp3) is 0.789. The normalized spacial score (nSPS) is 11.5. The first kappa shape index (κ1) is 67.8. The molecule has 0 aromatic heterocycles. The molecule has 0 radical (unpaired) electrons. The Morgan fingerprint density at radius 2 is 0.569 bits per heavy atom. The van der Waals surface area contributed by atoms with Crippen LogP contribution in [-0.4, -0.2) is 67.0 Å². The Balaban J connectivity index is -0.000000837. The van der Waals surface area contributed by atoms with Crippen LogP contribution in [0.15, 0.2) is 47.2 Å². The molecule has 0 unspecified atom stereocenters. The summed E-state index contributed by atoms with van der Waals surface area (Å²) in [5.74, 6) is -1.99. The van der Waals surface area contributed by atoms with Gasteiger partial charge in [-0.15, -0.1) is 0 Å². The third kappa shape index (κ3) is 77.0. The Bertz CT molecular complexity index is 986. The van der Waals surface area contributed by atoms with Crippen LogP contribution in [0, 0.1) is 0 Å². The second kappa shape index (κ2) is 64.6. The zero-order valence-corrected chi connectivity index (χ0v) is 48.6. The zero-order chi connectivity index (χ0) is 48.2. The van der Waals surface area contributed by atoms with Crippen molar-refractivity contribution < 1.29 is 29.7 Å². The summed E-state index contributed by atoms with van der Waals surface area (Å²) >= 11 is 0.503. The van der Waals surface area contributed by atoms with Gasteiger partial charge in [0, 0.05) is 19.3 Å².